The Morgan fingerprint density at radius 1 is 1.14 bits per heavy atom. The third-order valence-corrected chi connectivity index (χ3v) is 5.64. The van der Waals surface area contributed by atoms with Crippen molar-refractivity contribution in [3.8, 4) is 0 Å². The van der Waals surface area contributed by atoms with Crippen LogP contribution in [-0.2, 0) is 5.41 Å². The van der Waals surface area contributed by atoms with E-state index in [0.717, 1.165) is 45.1 Å². The van der Waals surface area contributed by atoms with Crippen molar-refractivity contribution in [3.63, 3.8) is 0 Å². The molecule has 0 heterocycles. The average molecular weight is 330 g/mol. The van der Waals surface area contributed by atoms with Crippen LogP contribution in [-0.4, -0.2) is 24.3 Å². The molecule has 0 aromatic heterocycles. The summed E-state index contributed by atoms with van der Waals surface area (Å²) in [6.45, 7) is 3.03. The normalized spacial score (nSPS) is 29.6. The summed E-state index contributed by atoms with van der Waals surface area (Å²) < 4.78 is 0. The summed E-state index contributed by atoms with van der Waals surface area (Å²) in [5.41, 5.74) is 0.787. The van der Waals surface area contributed by atoms with Crippen molar-refractivity contribution >= 4 is 23.2 Å². The molecule has 118 valence electrons. The van der Waals surface area contributed by atoms with E-state index in [1.807, 2.05) is 19.2 Å². The predicted molar refractivity (Wildman–Crippen MR) is 90.4 cm³/mol. The molecule has 2 nitrogen and oxygen atoms in total. The topological polar surface area (TPSA) is 32.3 Å². The van der Waals surface area contributed by atoms with E-state index in [-0.39, 0.29) is 5.41 Å². The Bertz CT molecular complexity index is 482. The van der Waals surface area contributed by atoms with E-state index in [0.29, 0.717) is 10.0 Å². The van der Waals surface area contributed by atoms with Crippen LogP contribution in [0.3, 0.4) is 0 Å². The SMILES string of the molecule is CCCC1(O)CCC(CNC)(c2ccc(Cl)c(Cl)c2)CC1. The smallest absolute Gasteiger partial charge is 0.0648 e. The van der Waals surface area contributed by atoms with Gasteiger partial charge in [-0.05, 0) is 56.8 Å². The minimum Gasteiger partial charge on any atom is -0.390 e. The van der Waals surface area contributed by atoms with Crippen molar-refractivity contribution in [3.05, 3.63) is 33.8 Å². The van der Waals surface area contributed by atoms with Gasteiger partial charge in [-0.1, -0.05) is 42.6 Å². The van der Waals surface area contributed by atoms with E-state index in [1.165, 1.54) is 5.56 Å². The largest absolute Gasteiger partial charge is 0.390 e. The summed E-state index contributed by atoms with van der Waals surface area (Å²) in [5.74, 6) is 0. The van der Waals surface area contributed by atoms with Crippen LogP contribution in [0.5, 0.6) is 0 Å². The third-order valence-electron chi connectivity index (χ3n) is 4.90. The maximum Gasteiger partial charge on any atom is 0.0648 e. The standard InChI is InChI=1S/C17H25Cl2NO/c1-3-6-17(21)9-7-16(8-10-17,12-20-2)13-4-5-14(18)15(19)11-13/h4-5,11,20-21H,3,6-10,12H2,1-2H3. The van der Waals surface area contributed by atoms with E-state index in [9.17, 15) is 5.11 Å². The lowest BCUT2D eigenvalue weighted by Crippen LogP contribution is -2.46. The zero-order chi connectivity index (χ0) is 15.5. The van der Waals surface area contributed by atoms with Crippen molar-refractivity contribution < 1.29 is 5.11 Å². The molecule has 1 saturated carbocycles. The number of halogens is 2. The van der Waals surface area contributed by atoms with Gasteiger partial charge in [0.15, 0.2) is 0 Å². The van der Waals surface area contributed by atoms with Crippen LogP contribution in [0, 0.1) is 0 Å². The number of benzene rings is 1. The molecule has 0 atom stereocenters. The first-order valence-electron chi connectivity index (χ1n) is 7.77. The molecule has 1 fully saturated rings. The highest BCUT2D eigenvalue weighted by Crippen LogP contribution is 2.45. The molecule has 1 aromatic carbocycles. The summed E-state index contributed by atoms with van der Waals surface area (Å²) in [4.78, 5) is 0. The Morgan fingerprint density at radius 3 is 2.33 bits per heavy atom. The Hall–Kier alpha value is -0.280. The number of hydrogen-bond donors (Lipinski definition) is 2. The Balaban J connectivity index is 2.24. The molecule has 0 saturated heterocycles. The molecule has 0 aliphatic heterocycles. The molecule has 0 amide bonds. The van der Waals surface area contributed by atoms with Crippen molar-refractivity contribution in [1.29, 1.82) is 0 Å². The number of likely N-dealkylation sites (N-methyl/N-ethyl adjacent to an activating group) is 1. The van der Waals surface area contributed by atoms with Crippen molar-refractivity contribution in [1.82, 2.24) is 5.32 Å². The van der Waals surface area contributed by atoms with Crippen molar-refractivity contribution in [2.24, 2.45) is 0 Å². The van der Waals surface area contributed by atoms with Crippen LogP contribution in [0.2, 0.25) is 10.0 Å². The Kier molecular flexibility index (Phi) is 5.59. The molecule has 2 N–H and O–H groups in total. The molecule has 4 heteroatoms. The van der Waals surface area contributed by atoms with Gasteiger partial charge in [-0.2, -0.15) is 0 Å². The van der Waals surface area contributed by atoms with Gasteiger partial charge >= 0.3 is 0 Å². The molecule has 0 bridgehead atoms. The minimum atomic E-state index is -0.484. The molecule has 1 aliphatic carbocycles. The van der Waals surface area contributed by atoms with Crippen LogP contribution in [0.4, 0.5) is 0 Å². The fourth-order valence-electron chi connectivity index (χ4n) is 3.64. The summed E-state index contributed by atoms with van der Waals surface area (Å²) in [5, 5.41) is 15.2. The van der Waals surface area contributed by atoms with Crippen LogP contribution >= 0.6 is 23.2 Å². The Morgan fingerprint density at radius 2 is 1.81 bits per heavy atom. The number of rotatable bonds is 5. The fourth-order valence-corrected chi connectivity index (χ4v) is 3.94. The maximum atomic E-state index is 10.6. The van der Waals surface area contributed by atoms with E-state index in [2.05, 4.69) is 18.3 Å². The monoisotopic (exact) mass is 329 g/mol. The van der Waals surface area contributed by atoms with Gasteiger partial charge in [0.05, 0.1) is 15.6 Å². The van der Waals surface area contributed by atoms with Crippen molar-refractivity contribution in [2.45, 2.75) is 56.5 Å². The van der Waals surface area contributed by atoms with Crippen LogP contribution in [0.15, 0.2) is 18.2 Å². The number of aliphatic hydroxyl groups is 1. The van der Waals surface area contributed by atoms with Crippen molar-refractivity contribution in [2.75, 3.05) is 13.6 Å². The molecular formula is C17H25Cl2NO. The van der Waals surface area contributed by atoms with E-state index < -0.39 is 5.60 Å². The van der Waals surface area contributed by atoms with E-state index in [4.69, 9.17) is 23.2 Å². The van der Waals surface area contributed by atoms with Gasteiger partial charge in [0.1, 0.15) is 0 Å². The van der Waals surface area contributed by atoms with Gasteiger partial charge in [0.25, 0.3) is 0 Å². The zero-order valence-electron chi connectivity index (χ0n) is 12.9. The first-order chi connectivity index (χ1) is 9.95. The summed E-state index contributed by atoms with van der Waals surface area (Å²) in [6.07, 6.45) is 5.57. The van der Waals surface area contributed by atoms with E-state index >= 15 is 0 Å². The molecule has 1 aliphatic rings. The first kappa shape index (κ1) is 17.1. The molecule has 1 aromatic rings. The minimum absolute atomic E-state index is 0.0446. The molecular weight excluding hydrogens is 305 g/mol. The van der Waals surface area contributed by atoms with Gasteiger partial charge in [0, 0.05) is 12.0 Å². The second-order valence-electron chi connectivity index (χ2n) is 6.41. The average Bonchev–Trinajstić information content (AvgIpc) is 2.45. The van der Waals surface area contributed by atoms with Gasteiger partial charge in [-0.15, -0.1) is 0 Å². The second-order valence-corrected chi connectivity index (χ2v) is 7.23. The number of hydrogen-bond acceptors (Lipinski definition) is 2. The lowest BCUT2D eigenvalue weighted by Gasteiger charge is -2.44. The fraction of sp³-hybridized carbons (Fsp3) is 0.647. The Labute approximate surface area is 137 Å². The summed E-state index contributed by atoms with van der Waals surface area (Å²) in [6, 6.07) is 5.95. The molecule has 0 unspecified atom stereocenters. The number of nitrogens with one attached hydrogen (secondary N) is 1. The summed E-state index contributed by atoms with van der Waals surface area (Å²) in [7, 11) is 1.98. The lowest BCUT2D eigenvalue weighted by atomic mass is 9.64. The molecule has 2 rings (SSSR count). The molecule has 21 heavy (non-hydrogen) atoms. The maximum absolute atomic E-state index is 10.6. The van der Waals surface area contributed by atoms with Gasteiger partial charge in [-0.3, -0.25) is 0 Å². The quantitative estimate of drug-likeness (QED) is 0.830. The highest BCUT2D eigenvalue weighted by molar-refractivity contribution is 6.42. The highest BCUT2D eigenvalue weighted by atomic mass is 35.5. The molecule has 0 radical (unpaired) electrons. The molecule has 0 spiro atoms. The van der Waals surface area contributed by atoms with E-state index in [1.54, 1.807) is 0 Å². The van der Waals surface area contributed by atoms with Crippen LogP contribution < -0.4 is 5.32 Å². The van der Waals surface area contributed by atoms with Gasteiger partial charge in [0.2, 0.25) is 0 Å². The van der Waals surface area contributed by atoms with Crippen LogP contribution in [0.25, 0.3) is 0 Å². The zero-order valence-corrected chi connectivity index (χ0v) is 14.4. The lowest BCUT2D eigenvalue weighted by molar-refractivity contribution is -0.0236. The predicted octanol–water partition coefficient (Wildman–Crippen LogP) is 4.56. The van der Waals surface area contributed by atoms with Crippen LogP contribution in [0.1, 0.15) is 51.0 Å². The second kappa shape index (κ2) is 6.87. The highest BCUT2D eigenvalue weighted by Gasteiger charge is 2.42. The van der Waals surface area contributed by atoms with Gasteiger partial charge < -0.3 is 10.4 Å². The van der Waals surface area contributed by atoms with Gasteiger partial charge in [-0.25, -0.2) is 0 Å². The summed E-state index contributed by atoms with van der Waals surface area (Å²) >= 11 is 12.2. The first-order valence-corrected chi connectivity index (χ1v) is 8.53. The third kappa shape index (κ3) is 3.73.